The Bertz CT molecular complexity index is 511. The van der Waals surface area contributed by atoms with Gasteiger partial charge in [0.25, 0.3) is 0 Å². The Morgan fingerprint density at radius 1 is 0.704 bits per heavy atom. The molecule has 0 spiro atoms. The summed E-state index contributed by atoms with van der Waals surface area (Å²) in [5, 5.41) is 0. The summed E-state index contributed by atoms with van der Waals surface area (Å²) in [6.07, 6.45) is 6.14. The van der Waals surface area contributed by atoms with E-state index in [0.29, 0.717) is 10.8 Å². The van der Waals surface area contributed by atoms with Crippen LogP contribution in [0, 0.1) is 52.3 Å². The van der Waals surface area contributed by atoms with Crippen molar-refractivity contribution < 1.29 is 18.9 Å². The van der Waals surface area contributed by atoms with E-state index in [1.54, 1.807) is 0 Å². The predicted octanol–water partition coefficient (Wildman–Crippen LogP) is 4.68. The summed E-state index contributed by atoms with van der Waals surface area (Å²) in [5.74, 6) is 9.62. The number of fused-ring (bicyclic) bond motifs is 4. The van der Waals surface area contributed by atoms with Crippen LogP contribution in [0.15, 0.2) is 0 Å². The molecule has 27 heavy (non-hydrogen) atoms. The summed E-state index contributed by atoms with van der Waals surface area (Å²) in [7, 11) is 0. The Labute approximate surface area is 183 Å². The molecule has 0 aromatic carbocycles. The minimum atomic E-state index is 0. The van der Waals surface area contributed by atoms with Crippen LogP contribution in [0.25, 0.3) is 0 Å². The van der Waals surface area contributed by atoms with E-state index in [1.807, 2.05) is 0 Å². The van der Waals surface area contributed by atoms with Crippen LogP contribution in [0.4, 0.5) is 0 Å². The third-order valence-electron chi connectivity index (χ3n) is 11.5. The molecule has 0 saturated heterocycles. The van der Waals surface area contributed by atoms with Crippen molar-refractivity contribution in [2.45, 2.75) is 105 Å². The summed E-state index contributed by atoms with van der Waals surface area (Å²) in [4.78, 5) is 0. The van der Waals surface area contributed by atoms with E-state index in [1.165, 1.54) is 25.7 Å². The van der Waals surface area contributed by atoms with Crippen LogP contribution in [0.1, 0.15) is 88.0 Å². The average Bonchev–Trinajstić information content (AvgIpc) is 2.56. The number of hydrogen-bond donors (Lipinski definition) is 0. The van der Waals surface area contributed by atoms with Crippen molar-refractivity contribution >= 4 is 6.71 Å². The van der Waals surface area contributed by atoms with Gasteiger partial charge in [0.15, 0.2) is 0 Å². The summed E-state index contributed by atoms with van der Waals surface area (Å²) < 4.78 is 0. The van der Waals surface area contributed by atoms with Crippen molar-refractivity contribution in [3.63, 3.8) is 0 Å². The van der Waals surface area contributed by atoms with Gasteiger partial charge in [-0.2, -0.15) is 17.5 Å². The van der Waals surface area contributed by atoms with Gasteiger partial charge in [0.1, 0.15) is 0 Å². The Morgan fingerprint density at radius 3 is 1.33 bits per heavy atom. The number of rotatable bonds is 4. The molecule has 9 atom stereocenters. The molecule has 6 fully saturated rings. The van der Waals surface area contributed by atoms with Gasteiger partial charge in [0, 0.05) is 0 Å². The molecule has 0 nitrogen and oxygen atoms in total. The summed E-state index contributed by atoms with van der Waals surface area (Å²) in [6.45, 7) is 24.1. The Morgan fingerprint density at radius 2 is 1.07 bits per heavy atom. The fourth-order valence-corrected chi connectivity index (χ4v) is 8.94. The summed E-state index contributed by atoms with van der Waals surface area (Å²) in [5.41, 5.74) is 1.26. The molecule has 0 N–H and O–H groups in total. The topological polar surface area (TPSA) is 0 Å². The Balaban J connectivity index is 0.00000210. The van der Waals surface area contributed by atoms with E-state index in [4.69, 9.17) is 0 Å². The first-order valence-electron chi connectivity index (χ1n) is 12.0. The minimum absolute atomic E-state index is 0. The third kappa shape index (κ3) is 3.07. The van der Waals surface area contributed by atoms with Gasteiger partial charge >= 0.3 is 18.9 Å². The molecular formula is C25H45BLi. The van der Waals surface area contributed by atoms with Gasteiger partial charge < -0.3 is 0 Å². The molecule has 1 radical (unpaired) electrons. The molecule has 0 amide bonds. The maximum atomic E-state index is 2.64. The van der Waals surface area contributed by atoms with Gasteiger partial charge in [-0.15, -0.1) is 6.71 Å². The second-order valence-electron chi connectivity index (χ2n) is 12.9. The van der Waals surface area contributed by atoms with Crippen molar-refractivity contribution in [3.8, 4) is 0 Å². The average molecular weight is 363 g/mol. The van der Waals surface area contributed by atoms with Gasteiger partial charge in [-0.3, -0.25) is 0 Å². The van der Waals surface area contributed by atoms with E-state index < -0.39 is 0 Å². The fourth-order valence-electron chi connectivity index (χ4n) is 8.94. The van der Waals surface area contributed by atoms with Crippen molar-refractivity contribution in [3.05, 3.63) is 0 Å². The molecule has 4 bridgehead atoms. The van der Waals surface area contributed by atoms with E-state index >= 15 is 0 Å². The molecule has 0 aliphatic heterocycles. The van der Waals surface area contributed by atoms with Crippen molar-refractivity contribution in [2.75, 3.05) is 0 Å². The molecule has 6 aliphatic carbocycles. The second-order valence-corrected chi connectivity index (χ2v) is 12.9. The molecule has 1 unspecified atom stereocenters. The summed E-state index contributed by atoms with van der Waals surface area (Å²) in [6, 6.07) is 0. The first kappa shape index (κ1) is 22.3. The molecule has 2 heteroatoms. The first-order chi connectivity index (χ1) is 12.0. The van der Waals surface area contributed by atoms with Gasteiger partial charge in [-0.1, -0.05) is 92.9 Å². The van der Waals surface area contributed by atoms with Crippen LogP contribution in [0.2, 0.25) is 17.5 Å². The summed E-state index contributed by atoms with van der Waals surface area (Å²) >= 11 is 0. The first-order valence-corrected chi connectivity index (χ1v) is 12.0. The normalized spacial score (nSPS) is 47.7. The molecule has 0 aromatic heterocycles. The maximum Gasteiger partial charge on any atom is 1.00 e. The molecule has 0 heterocycles. The van der Waals surface area contributed by atoms with Crippen LogP contribution in [0.3, 0.4) is 0 Å². The largest absolute Gasteiger partial charge is 1.00 e. The van der Waals surface area contributed by atoms with Gasteiger partial charge in [-0.25, -0.2) is 0 Å². The molecule has 6 rings (SSSR count). The number of hydrogen-bond acceptors (Lipinski definition) is 0. The standard InChI is InChI=1S/C25H45B.Li/c1-14(2)17(5)26(22-12-18-10-20(15(22)3)24(18,6)7)23-13-19-11-21(16(23)4)25(19,8)9;/h14-23H,10-13H2,1-9H3;/q-1;+1/t15-,16-,17?,18+,19+,20-,21-,22-,23-;/m0./s1. The minimum Gasteiger partial charge on any atom is -0.197 e. The van der Waals surface area contributed by atoms with Crippen LogP contribution >= 0.6 is 0 Å². The van der Waals surface area contributed by atoms with Gasteiger partial charge in [0.05, 0.1) is 0 Å². The SMILES string of the molecule is CC(C)C(C)[B-]([C@H]1C[C@H]2C[C@@H]([C@@H]1C)C2(C)C)[C@H]1C[C@H]2C[C@@H]([C@@H]1C)C2(C)C.[Li+]. The van der Waals surface area contributed by atoms with Crippen LogP contribution in [-0.2, 0) is 0 Å². The monoisotopic (exact) mass is 363 g/mol. The van der Waals surface area contributed by atoms with Crippen molar-refractivity contribution in [2.24, 2.45) is 52.3 Å². The molecule has 0 aromatic rings. The van der Waals surface area contributed by atoms with Crippen molar-refractivity contribution in [1.29, 1.82) is 0 Å². The van der Waals surface area contributed by atoms with E-state index in [2.05, 4.69) is 62.3 Å². The van der Waals surface area contributed by atoms with E-state index in [9.17, 15) is 0 Å². The van der Waals surface area contributed by atoms with Crippen LogP contribution < -0.4 is 18.9 Å². The molecule has 149 valence electrons. The van der Waals surface area contributed by atoms with Crippen LogP contribution in [-0.4, -0.2) is 6.71 Å². The zero-order valence-corrected chi connectivity index (χ0v) is 20.2. The molecule has 6 saturated carbocycles. The molecular weight excluding hydrogens is 318 g/mol. The molecule has 6 aliphatic rings. The predicted molar refractivity (Wildman–Crippen MR) is 116 cm³/mol. The van der Waals surface area contributed by atoms with Gasteiger partial charge in [0.2, 0.25) is 0 Å². The van der Waals surface area contributed by atoms with Gasteiger partial charge in [-0.05, 0) is 47.3 Å². The Hall–Kier alpha value is 0.662. The zero-order chi connectivity index (χ0) is 19.2. The van der Waals surface area contributed by atoms with E-state index in [-0.39, 0.29) is 18.9 Å². The smallest absolute Gasteiger partial charge is 0.197 e. The second kappa shape index (κ2) is 7.12. The quantitative estimate of drug-likeness (QED) is 0.637. The maximum absolute atomic E-state index is 2.64. The fraction of sp³-hybridized carbons (Fsp3) is 1.00. The third-order valence-corrected chi connectivity index (χ3v) is 11.5. The van der Waals surface area contributed by atoms with E-state index in [0.717, 1.165) is 65.6 Å². The van der Waals surface area contributed by atoms with Crippen molar-refractivity contribution in [1.82, 2.24) is 0 Å². The Kier molecular flexibility index (Phi) is 5.89. The zero-order valence-electron chi connectivity index (χ0n) is 20.2. The van der Waals surface area contributed by atoms with Crippen LogP contribution in [0.5, 0.6) is 0 Å².